The lowest BCUT2D eigenvalue weighted by Gasteiger charge is -2.25. The first kappa shape index (κ1) is 17.4. The summed E-state index contributed by atoms with van der Waals surface area (Å²) in [5.74, 6) is -0.233. The molecule has 0 aliphatic carbocycles. The minimum Gasteiger partial charge on any atom is -0.370 e. The maximum absolute atomic E-state index is 10.9. The second kappa shape index (κ2) is 8.12. The van der Waals surface area contributed by atoms with Gasteiger partial charge in [-0.1, -0.05) is 37.3 Å². The molecule has 2 N–H and O–H groups in total. The summed E-state index contributed by atoms with van der Waals surface area (Å²) in [5.41, 5.74) is 10.4. The highest BCUT2D eigenvalue weighted by atomic mass is 16.1. The van der Waals surface area contributed by atoms with Gasteiger partial charge in [0.05, 0.1) is 12.7 Å². The van der Waals surface area contributed by atoms with Crippen LogP contribution in [0, 0.1) is 0 Å². The van der Waals surface area contributed by atoms with Gasteiger partial charge in [-0.3, -0.25) is 14.4 Å². The number of hydrogen-bond acceptors (Lipinski definition) is 3. The predicted octanol–water partition coefficient (Wildman–Crippen LogP) is 2.46. The molecule has 1 aliphatic heterocycles. The number of amides is 1. The number of carbonyl (C=O) groups excluding carboxylic acids is 1. The molecule has 5 heteroatoms. The average molecular weight is 338 g/mol. The lowest BCUT2D eigenvalue weighted by molar-refractivity contribution is -0.118. The summed E-state index contributed by atoms with van der Waals surface area (Å²) in [4.78, 5) is 13.1. The molecule has 0 saturated heterocycles. The highest BCUT2D eigenvalue weighted by Gasteiger charge is 2.14. The van der Waals surface area contributed by atoms with Gasteiger partial charge in [0.25, 0.3) is 0 Å². The van der Waals surface area contributed by atoms with E-state index < -0.39 is 0 Å². The van der Waals surface area contributed by atoms with Crippen LogP contribution in [0.5, 0.6) is 0 Å². The minimum atomic E-state index is -0.233. The molecule has 0 unspecified atom stereocenters. The summed E-state index contributed by atoms with van der Waals surface area (Å²) in [6, 6.07) is 8.72. The Morgan fingerprint density at radius 3 is 2.64 bits per heavy atom. The fourth-order valence-corrected chi connectivity index (χ4v) is 3.13. The molecular formula is C20H26N4O. The SMILES string of the molecule is CCc1ccc(Cn2cc(C3=CCN(CCC(N)=O)CC3)cn2)cc1. The maximum Gasteiger partial charge on any atom is 0.218 e. The normalized spacial score (nSPS) is 15.2. The predicted molar refractivity (Wildman–Crippen MR) is 100.0 cm³/mol. The first-order valence-corrected chi connectivity index (χ1v) is 8.94. The Bertz CT molecular complexity index is 745. The van der Waals surface area contributed by atoms with E-state index in [0.29, 0.717) is 6.42 Å². The second-order valence-corrected chi connectivity index (χ2v) is 6.59. The van der Waals surface area contributed by atoms with Crippen LogP contribution in [0.2, 0.25) is 0 Å². The molecule has 0 saturated carbocycles. The van der Waals surface area contributed by atoms with Crippen molar-refractivity contribution < 1.29 is 4.79 Å². The zero-order valence-electron chi connectivity index (χ0n) is 14.8. The molecule has 3 rings (SSSR count). The first-order chi connectivity index (χ1) is 12.1. The summed E-state index contributed by atoms with van der Waals surface area (Å²) in [6.45, 7) is 5.53. The highest BCUT2D eigenvalue weighted by molar-refractivity contribution is 5.74. The number of benzene rings is 1. The average Bonchev–Trinajstić information content (AvgIpc) is 3.09. The molecule has 5 nitrogen and oxygen atoms in total. The van der Waals surface area contributed by atoms with E-state index in [9.17, 15) is 4.79 Å². The first-order valence-electron chi connectivity index (χ1n) is 8.94. The Morgan fingerprint density at radius 2 is 2.00 bits per heavy atom. The molecule has 2 heterocycles. The number of nitrogens with zero attached hydrogens (tertiary/aromatic N) is 3. The van der Waals surface area contributed by atoms with E-state index in [4.69, 9.17) is 5.73 Å². The number of primary amides is 1. The summed E-state index contributed by atoms with van der Waals surface area (Å²) in [6.07, 6.45) is 8.79. The van der Waals surface area contributed by atoms with Gasteiger partial charge in [0.1, 0.15) is 0 Å². The quantitative estimate of drug-likeness (QED) is 0.843. The molecule has 1 aromatic carbocycles. The molecular weight excluding hydrogens is 312 g/mol. The van der Waals surface area contributed by atoms with Crippen molar-refractivity contribution in [2.24, 2.45) is 5.73 Å². The van der Waals surface area contributed by atoms with Crippen molar-refractivity contribution in [1.29, 1.82) is 0 Å². The topological polar surface area (TPSA) is 64.2 Å². The van der Waals surface area contributed by atoms with Crippen LogP contribution in [0.4, 0.5) is 0 Å². The lowest BCUT2D eigenvalue weighted by atomic mass is 10.0. The summed E-state index contributed by atoms with van der Waals surface area (Å²) in [5, 5.41) is 4.51. The van der Waals surface area contributed by atoms with Gasteiger partial charge in [0, 0.05) is 37.8 Å². The summed E-state index contributed by atoms with van der Waals surface area (Å²) < 4.78 is 2.00. The Labute approximate surface area is 149 Å². The van der Waals surface area contributed by atoms with Crippen molar-refractivity contribution in [3.63, 3.8) is 0 Å². The van der Waals surface area contributed by atoms with Crippen LogP contribution in [0.15, 0.2) is 42.7 Å². The third-order valence-electron chi connectivity index (χ3n) is 4.75. The minimum absolute atomic E-state index is 0.233. The van der Waals surface area contributed by atoms with Gasteiger partial charge in [-0.2, -0.15) is 5.10 Å². The van der Waals surface area contributed by atoms with Crippen LogP contribution in [0.3, 0.4) is 0 Å². The third kappa shape index (κ3) is 4.79. The highest BCUT2D eigenvalue weighted by Crippen LogP contribution is 2.22. The van der Waals surface area contributed by atoms with Crippen LogP contribution >= 0.6 is 0 Å². The van der Waals surface area contributed by atoms with E-state index in [1.807, 2.05) is 10.9 Å². The Balaban J connectivity index is 1.58. The monoisotopic (exact) mass is 338 g/mol. The van der Waals surface area contributed by atoms with Crippen molar-refractivity contribution in [1.82, 2.24) is 14.7 Å². The molecule has 0 bridgehead atoms. The van der Waals surface area contributed by atoms with Gasteiger partial charge in [-0.15, -0.1) is 0 Å². The molecule has 1 aromatic heterocycles. The molecule has 25 heavy (non-hydrogen) atoms. The molecule has 1 amide bonds. The van der Waals surface area contributed by atoms with Crippen LogP contribution in [0.25, 0.3) is 5.57 Å². The lowest BCUT2D eigenvalue weighted by Crippen LogP contribution is -2.31. The molecule has 0 radical (unpaired) electrons. The number of nitrogens with two attached hydrogens (primary N) is 1. The van der Waals surface area contributed by atoms with Crippen molar-refractivity contribution in [2.75, 3.05) is 19.6 Å². The van der Waals surface area contributed by atoms with Crippen molar-refractivity contribution in [3.8, 4) is 0 Å². The Morgan fingerprint density at radius 1 is 1.24 bits per heavy atom. The summed E-state index contributed by atoms with van der Waals surface area (Å²) in [7, 11) is 0. The smallest absolute Gasteiger partial charge is 0.218 e. The van der Waals surface area contributed by atoms with Crippen LogP contribution < -0.4 is 5.73 Å². The van der Waals surface area contributed by atoms with E-state index in [2.05, 4.69) is 53.5 Å². The summed E-state index contributed by atoms with van der Waals surface area (Å²) >= 11 is 0. The van der Waals surface area contributed by atoms with E-state index in [-0.39, 0.29) is 5.91 Å². The second-order valence-electron chi connectivity index (χ2n) is 6.59. The largest absolute Gasteiger partial charge is 0.370 e. The fraction of sp³-hybridized carbons (Fsp3) is 0.400. The zero-order valence-corrected chi connectivity index (χ0v) is 14.8. The Kier molecular flexibility index (Phi) is 5.66. The zero-order chi connectivity index (χ0) is 17.6. The number of rotatable bonds is 7. The number of carbonyl (C=O) groups is 1. The third-order valence-corrected chi connectivity index (χ3v) is 4.75. The molecule has 2 aromatic rings. The van der Waals surface area contributed by atoms with Gasteiger partial charge < -0.3 is 5.73 Å². The van der Waals surface area contributed by atoms with Gasteiger partial charge >= 0.3 is 0 Å². The van der Waals surface area contributed by atoms with E-state index in [1.54, 1.807) is 0 Å². The van der Waals surface area contributed by atoms with Gasteiger partial charge in [0.2, 0.25) is 5.91 Å². The molecule has 132 valence electrons. The van der Waals surface area contributed by atoms with Gasteiger partial charge in [-0.05, 0) is 29.5 Å². The number of aromatic nitrogens is 2. The van der Waals surface area contributed by atoms with Crippen LogP contribution in [-0.2, 0) is 17.8 Å². The van der Waals surface area contributed by atoms with Gasteiger partial charge in [-0.25, -0.2) is 0 Å². The molecule has 0 atom stereocenters. The molecule has 0 spiro atoms. The van der Waals surface area contributed by atoms with E-state index in [0.717, 1.165) is 39.0 Å². The fourth-order valence-electron chi connectivity index (χ4n) is 3.13. The van der Waals surface area contributed by atoms with Crippen LogP contribution in [0.1, 0.15) is 36.5 Å². The Hall–Kier alpha value is -2.40. The molecule has 0 fully saturated rings. The van der Waals surface area contributed by atoms with Crippen molar-refractivity contribution in [3.05, 3.63) is 59.4 Å². The van der Waals surface area contributed by atoms with E-state index in [1.165, 1.54) is 22.3 Å². The van der Waals surface area contributed by atoms with Crippen molar-refractivity contribution in [2.45, 2.75) is 32.7 Å². The van der Waals surface area contributed by atoms with Crippen molar-refractivity contribution >= 4 is 11.5 Å². The van der Waals surface area contributed by atoms with Crippen LogP contribution in [-0.4, -0.2) is 40.2 Å². The number of aryl methyl sites for hydroxylation is 1. The van der Waals surface area contributed by atoms with E-state index >= 15 is 0 Å². The maximum atomic E-state index is 10.9. The molecule has 1 aliphatic rings. The van der Waals surface area contributed by atoms with Gasteiger partial charge in [0.15, 0.2) is 0 Å². The number of hydrogen-bond donors (Lipinski definition) is 1. The standard InChI is InChI=1S/C20H26N4O/c1-2-16-3-5-17(6-4-16)14-24-15-19(13-22-24)18-7-10-23(11-8-18)12-9-20(21)25/h3-7,13,15H,2,8-12,14H2,1H3,(H2,21,25).